The van der Waals surface area contributed by atoms with Crippen molar-refractivity contribution in [3.05, 3.63) is 45.6 Å². The van der Waals surface area contributed by atoms with Crippen LogP contribution in [0.4, 0.5) is 4.79 Å². The van der Waals surface area contributed by atoms with Crippen LogP contribution in [0.15, 0.2) is 40.0 Å². The molecule has 0 saturated carbocycles. The van der Waals surface area contributed by atoms with Crippen LogP contribution in [-0.4, -0.2) is 42.6 Å². The molecule has 1 N–H and O–H groups in total. The molecule has 0 aromatic heterocycles. The number of carbonyl (C=O) groups is 2. The molecule has 0 unspecified atom stereocenters. The summed E-state index contributed by atoms with van der Waals surface area (Å²) >= 11 is 5.10. The second-order valence-electron chi connectivity index (χ2n) is 5.09. The van der Waals surface area contributed by atoms with Crippen molar-refractivity contribution in [1.82, 2.24) is 10.2 Å². The van der Waals surface area contributed by atoms with Gasteiger partial charge in [0, 0.05) is 23.0 Å². The van der Waals surface area contributed by atoms with Crippen LogP contribution in [0.25, 0.3) is 0 Å². The molecule has 1 aromatic carbocycles. The molecule has 0 aliphatic carbocycles. The van der Waals surface area contributed by atoms with Crippen LogP contribution in [0, 0.1) is 0 Å². The van der Waals surface area contributed by atoms with Crippen LogP contribution in [0.3, 0.4) is 0 Å². The standard InChI is InChI=1S/C16H19BrN2O3S/c1-10-13(15(20)22-8-9-23-3)14(18-16(21)19(10)2)11-6-4-5-7-12(11)17/h4-7,14H,8-9H2,1-3H3,(H,18,21)/t14-/m0/s1. The van der Waals surface area contributed by atoms with E-state index in [0.717, 1.165) is 15.8 Å². The van der Waals surface area contributed by atoms with Gasteiger partial charge in [-0.3, -0.25) is 0 Å². The van der Waals surface area contributed by atoms with Gasteiger partial charge in [0.1, 0.15) is 6.61 Å². The lowest BCUT2D eigenvalue weighted by atomic mass is 9.95. The average molecular weight is 399 g/mol. The SMILES string of the molecule is CSCCOC(=O)C1=C(C)N(C)C(=O)N[C@H]1c1ccccc1Br. The Bertz CT molecular complexity index is 648. The van der Waals surface area contributed by atoms with Gasteiger partial charge in [0.15, 0.2) is 0 Å². The average Bonchev–Trinajstić information content (AvgIpc) is 2.53. The van der Waals surface area contributed by atoms with Crippen LogP contribution >= 0.6 is 27.7 Å². The smallest absolute Gasteiger partial charge is 0.338 e. The highest BCUT2D eigenvalue weighted by Crippen LogP contribution is 2.34. The molecule has 0 bridgehead atoms. The molecule has 1 aliphatic rings. The maximum atomic E-state index is 12.5. The second kappa shape index (κ2) is 7.88. The Balaban J connectivity index is 2.40. The fourth-order valence-corrected chi connectivity index (χ4v) is 3.10. The second-order valence-corrected chi connectivity index (χ2v) is 6.93. The molecule has 0 saturated heterocycles. The summed E-state index contributed by atoms with van der Waals surface area (Å²) in [5.74, 6) is 0.337. The van der Waals surface area contributed by atoms with Gasteiger partial charge in [0.25, 0.3) is 0 Å². The molecule has 0 radical (unpaired) electrons. The lowest BCUT2D eigenvalue weighted by Gasteiger charge is -2.33. The van der Waals surface area contributed by atoms with Gasteiger partial charge in [-0.1, -0.05) is 34.1 Å². The summed E-state index contributed by atoms with van der Waals surface area (Å²) < 4.78 is 6.19. The van der Waals surface area contributed by atoms with E-state index in [1.54, 1.807) is 25.7 Å². The molecule has 1 aromatic rings. The predicted molar refractivity (Wildman–Crippen MR) is 95.2 cm³/mol. The molecular weight excluding hydrogens is 380 g/mol. The maximum Gasteiger partial charge on any atom is 0.338 e. The van der Waals surface area contributed by atoms with E-state index in [-0.39, 0.29) is 6.03 Å². The van der Waals surface area contributed by atoms with Crippen molar-refractivity contribution in [2.75, 3.05) is 25.7 Å². The quantitative estimate of drug-likeness (QED) is 0.610. The Morgan fingerprint density at radius 1 is 1.43 bits per heavy atom. The van der Waals surface area contributed by atoms with E-state index in [1.165, 1.54) is 4.90 Å². The molecule has 124 valence electrons. The number of carbonyl (C=O) groups excluding carboxylic acids is 2. The largest absolute Gasteiger partial charge is 0.461 e. The first-order valence-electron chi connectivity index (χ1n) is 7.12. The number of hydrogen-bond donors (Lipinski definition) is 1. The van der Waals surface area contributed by atoms with Crippen molar-refractivity contribution in [1.29, 1.82) is 0 Å². The number of benzene rings is 1. The zero-order valence-corrected chi connectivity index (χ0v) is 15.7. The lowest BCUT2D eigenvalue weighted by Crippen LogP contribution is -2.46. The zero-order chi connectivity index (χ0) is 17.0. The number of thioether (sulfide) groups is 1. The zero-order valence-electron chi connectivity index (χ0n) is 13.3. The molecule has 0 fully saturated rings. The van der Waals surface area contributed by atoms with E-state index < -0.39 is 12.0 Å². The number of hydrogen-bond acceptors (Lipinski definition) is 4. The number of nitrogens with one attached hydrogen (secondary N) is 1. The molecule has 0 spiro atoms. The van der Waals surface area contributed by atoms with Crippen molar-refractivity contribution < 1.29 is 14.3 Å². The van der Waals surface area contributed by atoms with Crippen molar-refractivity contribution in [2.24, 2.45) is 0 Å². The van der Waals surface area contributed by atoms with Gasteiger partial charge in [-0.25, -0.2) is 9.59 Å². The third-order valence-electron chi connectivity index (χ3n) is 3.71. The normalized spacial score (nSPS) is 18.0. The van der Waals surface area contributed by atoms with Crippen molar-refractivity contribution in [2.45, 2.75) is 13.0 Å². The van der Waals surface area contributed by atoms with E-state index in [2.05, 4.69) is 21.2 Å². The third-order valence-corrected chi connectivity index (χ3v) is 5.01. The van der Waals surface area contributed by atoms with Crippen molar-refractivity contribution in [3.63, 3.8) is 0 Å². The first kappa shape index (κ1) is 17.9. The number of nitrogens with zero attached hydrogens (tertiary/aromatic N) is 1. The predicted octanol–water partition coefficient (Wildman–Crippen LogP) is 3.33. The Kier molecular flexibility index (Phi) is 6.12. The number of ether oxygens (including phenoxy) is 1. The third kappa shape index (κ3) is 3.90. The van der Waals surface area contributed by atoms with E-state index in [1.807, 2.05) is 30.5 Å². The van der Waals surface area contributed by atoms with Crippen LogP contribution in [-0.2, 0) is 9.53 Å². The summed E-state index contributed by atoms with van der Waals surface area (Å²) in [7, 11) is 1.64. The number of urea groups is 1. The van der Waals surface area contributed by atoms with Crippen molar-refractivity contribution in [3.8, 4) is 0 Å². The highest BCUT2D eigenvalue weighted by molar-refractivity contribution is 9.10. The van der Waals surface area contributed by atoms with Gasteiger partial charge in [-0.2, -0.15) is 11.8 Å². The Morgan fingerprint density at radius 3 is 2.78 bits per heavy atom. The first-order chi connectivity index (χ1) is 11.0. The number of amides is 2. The highest BCUT2D eigenvalue weighted by Gasteiger charge is 2.35. The van der Waals surface area contributed by atoms with E-state index in [4.69, 9.17) is 4.74 Å². The first-order valence-corrected chi connectivity index (χ1v) is 9.31. The fourth-order valence-electron chi connectivity index (χ4n) is 2.34. The molecule has 1 aliphatic heterocycles. The number of rotatable bonds is 5. The summed E-state index contributed by atoms with van der Waals surface area (Å²) in [5.41, 5.74) is 1.88. The lowest BCUT2D eigenvalue weighted by molar-refractivity contribution is -0.139. The Hall–Kier alpha value is -1.47. The molecule has 23 heavy (non-hydrogen) atoms. The van der Waals surface area contributed by atoms with E-state index in [0.29, 0.717) is 17.9 Å². The molecule has 2 rings (SSSR count). The van der Waals surface area contributed by atoms with Gasteiger partial charge >= 0.3 is 12.0 Å². The topological polar surface area (TPSA) is 58.6 Å². The molecular formula is C16H19BrN2O3S. The Morgan fingerprint density at radius 2 is 2.13 bits per heavy atom. The van der Waals surface area contributed by atoms with Crippen LogP contribution in [0.5, 0.6) is 0 Å². The minimum absolute atomic E-state index is 0.246. The van der Waals surface area contributed by atoms with Gasteiger partial charge < -0.3 is 15.0 Å². The monoisotopic (exact) mass is 398 g/mol. The summed E-state index contributed by atoms with van der Waals surface area (Å²) in [6.07, 6.45) is 1.96. The molecule has 1 atom stereocenters. The van der Waals surface area contributed by atoms with Crippen molar-refractivity contribution >= 4 is 39.7 Å². The molecule has 1 heterocycles. The number of esters is 1. The fraction of sp³-hybridized carbons (Fsp3) is 0.375. The van der Waals surface area contributed by atoms with E-state index >= 15 is 0 Å². The maximum absolute atomic E-state index is 12.5. The van der Waals surface area contributed by atoms with Gasteiger partial charge in [-0.05, 0) is 24.8 Å². The number of allylic oxidation sites excluding steroid dienone is 1. The van der Waals surface area contributed by atoms with E-state index in [9.17, 15) is 9.59 Å². The minimum atomic E-state index is -0.531. The number of halogens is 1. The summed E-state index contributed by atoms with van der Waals surface area (Å²) in [4.78, 5) is 26.1. The minimum Gasteiger partial charge on any atom is -0.461 e. The summed E-state index contributed by atoms with van der Waals surface area (Å²) in [6.45, 7) is 2.10. The Labute approximate surface area is 148 Å². The molecule has 7 heteroatoms. The van der Waals surface area contributed by atoms with Gasteiger partial charge in [-0.15, -0.1) is 0 Å². The highest BCUT2D eigenvalue weighted by atomic mass is 79.9. The molecule has 5 nitrogen and oxygen atoms in total. The summed E-state index contributed by atoms with van der Waals surface area (Å²) in [6, 6.07) is 6.74. The molecule has 2 amide bonds. The van der Waals surface area contributed by atoms with Crippen LogP contribution in [0.1, 0.15) is 18.5 Å². The van der Waals surface area contributed by atoms with Crippen LogP contribution < -0.4 is 5.32 Å². The van der Waals surface area contributed by atoms with Crippen LogP contribution in [0.2, 0.25) is 0 Å². The van der Waals surface area contributed by atoms with Gasteiger partial charge in [0.05, 0.1) is 11.6 Å². The van der Waals surface area contributed by atoms with Gasteiger partial charge in [0.2, 0.25) is 0 Å². The summed E-state index contributed by atoms with van der Waals surface area (Å²) in [5, 5.41) is 2.87.